The summed E-state index contributed by atoms with van der Waals surface area (Å²) in [5.41, 5.74) is 2.31. The molecule has 2 amide bonds. The number of hydrogen-bond donors (Lipinski definition) is 2. The Morgan fingerprint density at radius 1 is 1.21 bits per heavy atom. The molecule has 3 aromatic rings. The van der Waals surface area contributed by atoms with Crippen molar-refractivity contribution in [3.8, 4) is 17.2 Å². The molecule has 0 radical (unpaired) electrons. The van der Waals surface area contributed by atoms with Crippen molar-refractivity contribution in [1.29, 1.82) is 0 Å². The fourth-order valence-electron chi connectivity index (χ4n) is 2.16. The van der Waals surface area contributed by atoms with Gasteiger partial charge in [0.15, 0.2) is 5.76 Å². The second-order valence-corrected chi connectivity index (χ2v) is 5.07. The summed E-state index contributed by atoms with van der Waals surface area (Å²) in [7, 11) is 1.58. The van der Waals surface area contributed by atoms with E-state index in [-0.39, 0.29) is 6.03 Å². The van der Waals surface area contributed by atoms with Gasteiger partial charge in [0.05, 0.1) is 13.4 Å². The van der Waals surface area contributed by atoms with Crippen molar-refractivity contribution in [1.82, 2.24) is 10.3 Å². The smallest absolute Gasteiger partial charge is 0.319 e. The number of nitrogens with zero attached hydrogens (tertiary/aromatic N) is 1. The van der Waals surface area contributed by atoms with Gasteiger partial charge in [-0.25, -0.2) is 4.79 Å². The molecule has 0 spiro atoms. The first kappa shape index (κ1) is 15.6. The van der Waals surface area contributed by atoms with Gasteiger partial charge in [0.2, 0.25) is 0 Å². The van der Waals surface area contributed by atoms with Crippen LogP contribution in [0.15, 0.2) is 65.4 Å². The maximum atomic E-state index is 11.9. The Labute approximate surface area is 139 Å². The predicted molar refractivity (Wildman–Crippen MR) is 90.8 cm³/mol. The molecule has 2 aromatic heterocycles. The quantitative estimate of drug-likeness (QED) is 0.751. The van der Waals surface area contributed by atoms with Crippen LogP contribution in [-0.2, 0) is 6.54 Å². The third kappa shape index (κ3) is 3.92. The van der Waals surface area contributed by atoms with Crippen LogP contribution < -0.4 is 15.4 Å². The number of aromatic nitrogens is 1. The lowest BCUT2D eigenvalue weighted by atomic mass is 10.2. The largest absolute Gasteiger partial charge is 0.497 e. The highest BCUT2D eigenvalue weighted by Gasteiger charge is 2.05. The number of benzene rings is 1. The summed E-state index contributed by atoms with van der Waals surface area (Å²) in [4.78, 5) is 16.3. The highest BCUT2D eigenvalue weighted by molar-refractivity contribution is 5.89. The molecule has 122 valence electrons. The Balaban J connectivity index is 1.54. The molecule has 0 atom stereocenters. The highest BCUT2D eigenvalue weighted by atomic mass is 16.5. The molecule has 0 bridgehead atoms. The molecule has 6 heteroatoms. The molecule has 2 N–H and O–H groups in total. The molecule has 0 aliphatic carbocycles. The monoisotopic (exact) mass is 323 g/mol. The Bertz CT molecular complexity index is 799. The van der Waals surface area contributed by atoms with Crippen LogP contribution in [0.5, 0.6) is 5.75 Å². The predicted octanol–water partition coefficient (Wildman–Crippen LogP) is 3.67. The number of methoxy groups -OCH3 is 1. The van der Waals surface area contributed by atoms with E-state index in [0.29, 0.717) is 23.7 Å². The van der Waals surface area contributed by atoms with Crippen LogP contribution in [0.4, 0.5) is 10.5 Å². The van der Waals surface area contributed by atoms with E-state index in [9.17, 15) is 4.79 Å². The van der Waals surface area contributed by atoms with E-state index in [2.05, 4.69) is 15.6 Å². The number of carbonyl (C=O) groups excluding carboxylic acids is 1. The van der Waals surface area contributed by atoms with Crippen LogP contribution in [0.3, 0.4) is 0 Å². The van der Waals surface area contributed by atoms with E-state index in [1.165, 1.54) is 0 Å². The fraction of sp³-hybridized carbons (Fsp3) is 0.111. The van der Waals surface area contributed by atoms with Crippen LogP contribution in [-0.4, -0.2) is 18.1 Å². The number of amides is 2. The van der Waals surface area contributed by atoms with Gasteiger partial charge in [-0.3, -0.25) is 4.98 Å². The summed E-state index contributed by atoms with van der Waals surface area (Å²) in [5, 5.41) is 5.54. The minimum atomic E-state index is -0.293. The van der Waals surface area contributed by atoms with Crippen LogP contribution in [0.2, 0.25) is 0 Å². The third-order valence-electron chi connectivity index (χ3n) is 3.38. The molecule has 3 rings (SSSR count). The van der Waals surface area contributed by atoms with Gasteiger partial charge in [-0.05, 0) is 35.9 Å². The maximum Gasteiger partial charge on any atom is 0.319 e. The normalized spacial score (nSPS) is 10.2. The summed E-state index contributed by atoms with van der Waals surface area (Å²) >= 11 is 0. The average molecular weight is 323 g/mol. The Kier molecular flexibility index (Phi) is 4.76. The van der Waals surface area contributed by atoms with Gasteiger partial charge in [0.1, 0.15) is 11.4 Å². The van der Waals surface area contributed by atoms with Gasteiger partial charge < -0.3 is 19.8 Å². The van der Waals surface area contributed by atoms with Crippen molar-refractivity contribution >= 4 is 11.7 Å². The summed E-state index contributed by atoms with van der Waals surface area (Å²) in [5.74, 6) is 1.40. The van der Waals surface area contributed by atoms with E-state index >= 15 is 0 Å². The van der Waals surface area contributed by atoms with Crippen LogP contribution in [0, 0.1) is 0 Å². The first-order chi connectivity index (χ1) is 11.7. The topological polar surface area (TPSA) is 76.4 Å². The molecule has 24 heavy (non-hydrogen) atoms. The zero-order valence-electron chi connectivity index (χ0n) is 13.2. The molecular weight excluding hydrogens is 306 g/mol. The van der Waals surface area contributed by atoms with Crippen molar-refractivity contribution < 1.29 is 13.9 Å². The molecule has 0 saturated heterocycles. The van der Waals surface area contributed by atoms with Gasteiger partial charge in [-0.2, -0.15) is 0 Å². The lowest BCUT2D eigenvalue weighted by Crippen LogP contribution is -2.28. The second kappa shape index (κ2) is 7.32. The van der Waals surface area contributed by atoms with Gasteiger partial charge in [0.25, 0.3) is 0 Å². The summed E-state index contributed by atoms with van der Waals surface area (Å²) in [6, 6.07) is 14.3. The number of nitrogens with one attached hydrogen (secondary N) is 2. The number of carbonyl (C=O) groups is 1. The van der Waals surface area contributed by atoms with E-state index in [1.807, 2.05) is 36.4 Å². The van der Waals surface area contributed by atoms with Gasteiger partial charge in [-0.1, -0.05) is 12.1 Å². The number of hydrogen-bond acceptors (Lipinski definition) is 4. The minimum Gasteiger partial charge on any atom is -0.497 e. The molecular formula is C18H17N3O3. The molecule has 0 aliphatic heterocycles. The van der Waals surface area contributed by atoms with Crippen LogP contribution in [0.1, 0.15) is 5.56 Å². The van der Waals surface area contributed by atoms with E-state index in [0.717, 1.165) is 11.3 Å². The zero-order valence-corrected chi connectivity index (χ0v) is 13.2. The SMILES string of the molecule is COc1cccc(NC(=O)NCc2ccc(-c3ccco3)nc2)c1. The lowest BCUT2D eigenvalue weighted by Gasteiger charge is -2.09. The highest BCUT2D eigenvalue weighted by Crippen LogP contribution is 2.18. The van der Waals surface area contributed by atoms with E-state index < -0.39 is 0 Å². The van der Waals surface area contributed by atoms with Gasteiger partial charge >= 0.3 is 6.03 Å². The Morgan fingerprint density at radius 3 is 2.83 bits per heavy atom. The average Bonchev–Trinajstić information content (AvgIpc) is 3.15. The number of urea groups is 1. The molecule has 0 aliphatic rings. The number of rotatable bonds is 5. The van der Waals surface area contributed by atoms with Crippen molar-refractivity contribution in [2.75, 3.05) is 12.4 Å². The maximum absolute atomic E-state index is 11.9. The summed E-state index contributed by atoms with van der Waals surface area (Å²) in [6.45, 7) is 0.376. The Morgan fingerprint density at radius 2 is 2.12 bits per heavy atom. The third-order valence-corrected chi connectivity index (χ3v) is 3.38. The number of ether oxygens (including phenoxy) is 1. The van der Waals surface area contributed by atoms with Crippen LogP contribution >= 0.6 is 0 Å². The standard InChI is InChI=1S/C18H17N3O3/c1-23-15-5-2-4-14(10-15)21-18(22)20-12-13-7-8-16(19-11-13)17-6-3-9-24-17/h2-11H,12H2,1H3,(H2,20,21,22). The Hall–Kier alpha value is -3.28. The number of anilines is 1. The number of furan rings is 1. The molecule has 0 saturated carbocycles. The molecule has 6 nitrogen and oxygen atoms in total. The second-order valence-electron chi connectivity index (χ2n) is 5.07. The van der Waals surface area contributed by atoms with Gasteiger partial charge in [0, 0.05) is 24.5 Å². The van der Waals surface area contributed by atoms with Crippen LogP contribution in [0.25, 0.3) is 11.5 Å². The van der Waals surface area contributed by atoms with Crippen molar-refractivity contribution in [3.05, 3.63) is 66.6 Å². The van der Waals surface area contributed by atoms with Crippen molar-refractivity contribution in [2.45, 2.75) is 6.54 Å². The van der Waals surface area contributed by atoms with Gasteiger partial charge in [-0.15, -0.1) is 0 Å². The zero-order chi connectivity index (χ0) is 16.8. The van der Waals surface area contributed by atoms with Crippen molar-refractivity contribution in [3.63, 3.8) is 0 Å². The fourth-order valence-corrected chi connectivity index (χ4v) is 2.16. The van der Waals surface area contributed by atoms with Crippen molar-refractivity contribution in [2.24, 2.45) is 0 Å². The van der Waals surface area contributed by atoms with E-state index in [1.54, 1.807) is 31.7 Å². The lowest BCUT2D eigenvalue weighted by molar-refractivity contribution is 0.251. The molecule has 0 unspecified atom stereocenters. The van der Waals surface area contributed by atoms with E-state index in [4.69, 9.17) is 9.15 Å². The number of pyridine rings is 1. The molecule has 2 heterocycles. The first-order valence-corrected chi connectivity index (χ1v) is 7.42. The molecule has 1 aromatic carbocycles. The first-order valence-electron chi connectivity index (χ1n) is 7.42. The molecule has 0 fully saturated rings. The summed E-state index contributed by atoms with van der Waals surface area (Å²) < 4.78 is 10.4. The summed E-state index contributed by atoms with van der Waals surface area (Å²) in [6.07, 6.45) is 3.32. The minimum absolute atomic E-state index is 0.293.